The van der Waals surface area contributed by atoms with Crippen molar-refractivity contribution in [2.24, 2.45) is 0 Å². The van der Waals surface area contributed by atoms with Crippen molar-refractivity contribution in [3.8, 4) is 0 Å². The van der Waals surface area contributed by atoms with Gasteiger partial charge < -0.3 is 10.6 Å². The highest BCUT2D eigenvalue weighted by Crippen LogP contribution is 2.30. The minimum atomic E-state index is 0.735. The summed E-state index contributed by atoms with van der Waals surface area (Å²) in [6.07, 6.45) is 5.61. The molecule has 1 heterocycles. The van der Waals surface area contributed by atoms with Gasteiger partial charge in [-0.25, -0.2) is 0 Å². The van der Waals surface area contributed by atoms with Crippen LogP contribution < -0.4 is 10.6 Å². The Hall–Kier alpha value is -0.930. The number of nitrogen functional groups attached to an aromatic ring is 1. The zero-order valence-electron chi connectivity index (χ0n) is 11.3. The molecule has 1 saturated heterocycles. The van der Waals surface area contributed by atoms with E-state index in [1.54, 1.807) is 0 Å². The molecule has 104 valence electrons. The number of hydrogen-bond donors (Lipinski definition) is 1. The summed E-state index contributed by atoms with van der Waals surface area (Å²) in [5.74, 6) is 0. The molecule has 3 nitrogen and oxygen atoms in total. The molecule has 19 heavy (non-hydrogen) atoms. The molecule has 1 saturated carbocycles. The van der Waals surface area contributed by atoms with Crippen LogP contribution in [0.1, 0.15) is 25.7 Å². The monoisotopic (exact) mass is 279 g/mol. The third-order valence-corrected chi connectivity index (χ3v) is 4.77. The lowest BCUT2D eigenvalue weighted by molar-refractivity contribution is 0.187. The molecule has 1 aromatic rings. The number of rotatable bonds is 2. The van der Waals surface area contributed by atoms with E-state index in [-0.39, 0.29) is 0 Å². The average Bonchev–Trinajstić information content (AvgIpc) is 2.93. The Kier molecular flexibility index (Phi) is 3.85. The molecule has 0 radical (unpaired) electrons. The Labute approximate surface area is 120 Å². The summed E-state index contributed by atoms with van der Waals surface area (Å²) in [7, 11) is 0. The second-order valence-electron chi connectivity index (χ2n) is 5.67. The van der Waals surface area contributed by atoms with Crippen LogP contribution in [0.4, 0.5) is 11.4 Å². The highest BCUT2D eigenvalue weighted by Gasteiger charge is 2.26. The van der Waals surface area contributed by atoms with E-state index in [9.17, 15) is 0 Å². The number of benzene rings is 1. The molecule has 2 fully saturated rings. The van der Waals surface area contributed by atoms with Crippen molar-refractivity contribution in [2.45, 2.75) is 31.7 Å². The summed E-state index contributed by atoms with van der Waals surface area (Å²) in [6.45, 7) is 4.46. The van der Waals surface area contributed by atoms with E-state index in [4.69, 9.17) is 17.3 Å². The van der Waals surface area contributed by atoms with Crippen LogP contribution >= 0.6 is 11.6 Å². The molecule has 0 amide bonds. The minimum absolute atomic E-state index is 0.735. The van der Waals surface area contributed by atoms with Crippen molar-refractivity contribution >= 4 is 23.0 Å². The van der Waals surface area contributed by atoms with Crippen LogP contribution in [0.3, 0.4) is 0 Å². The van der Waals surface area contributed by atoms with Crippen LogP contribution in [0.2, 0.25) is 5.02 Å². The van der Waals surface area contributed by atoms with Gasteiger partial charge in [0.25, 0.3) is 0 Å². The van der Waals surface area contributed by atoms with Crippen molar-refractivity contribution in [3.63, 3.8) is 0 Å². The Morgan fingerprint density at radius 2 is 1.74 bits per heavy atom. The Balaban J connectivity index is 1.63. The van der Waals surface area contributed by atoms with Gasteiger partial charge in [-0.3, -0.25) is 4.90 Å². The van der Waals surface area contributed by atoms with Gasteiger partial charge in [0.15, 0.2) is 0 Å². The first-order valence-corrected chi connectivity index (χ1v) is 7.66. The van der Waals surface area contributed by atoms with Crippen LogP contribution in [-0.2, 0) is 0 Å². The van der Waals surface area contributed by atoms with Crippen LogP contribution in [-0.4, -0.2) is 37.1 Å². The fraction of sp³-hybridized carbons (Fsp3) is 0.600. The summed E-state index contributed by atoms with van der Waals surface area (Å²) in [4.78, 5) is 5.04. The second kappa shape index (κ2) is 5.59. The first-order chi connectivity index (χ1) is 9.24. The molecule has 0 spiro atoms. The summed E-state index contributed by atoms with van der Waals surface area (Å²) in [5, 5.41) is 0.773. The highest BCUT2D eigenvalue weighted by molar-refractivity contribution is 6.33. The van der Waals surface area contributed by atoms with Gasteiger partial charge in [-0.2, -0.15) is 0 Å². The molecule has 0 aromatic heterocycles. The first-order valence-electron chi connectivity index (χ1n) is 7.28. The molecule has 0 bridgehead atoms. The van der Waals surface area contributed by atoms with Crippen molar-refractivity contribution in [1.82, 2.24) is 4.90 Å². The Bertz CT molecular complexity index is 435. The maximum absolute atomic E-state index is 6.29. The van der Waals surface area contributed by atoms with Gasteiger partial charge in [0.1, 0.15) is 0 Å². The van der Waals surface area contributed by atoms with Crippen molar-refractivity contribution in [3.05, 3.63) is 23.2 Å². The second-order valence-corrected chi connectivity index (χ2v) is 6.08. The van der Waals surface area contributed by atoms with Crippen LogP contribution in [0.15, 0.2) is 18.2 Å². The SMILES string of the molecule is Nc1ccc(N2CCN(C3CCCC3)CC2)c(Cl)c1. The van der Waals surface area contributed by atoms with Crippen LogP contribution in [0.25, 0.3) is 0 Å². The van der Waals surface area contributed by atoms with Gasteiger partial charge in [0.2, 0.25) is 0 Å². The van der Waals surface area contributed by atoms with Gasteiger partial charge in [0, 0.05) is 37.9 Å². The van der Waals surface area contributed by atoms with Crippen LogP contribution in [0.5, 0.6) is 0 Å². The molecule has 4 heteroatoms. The average molecular weight is 280 g/mol. The largest absolute Gasteiger partial charge is 0.399 e. The van der Waals surface area contributed by atoms with Crippen molar-refractivity contribution in [2.75, 3.05) is 36.8 Å². The van der Waals surface area contributed by atoms with E-state index in [2.05, 4.69) is 9.80 Å². The molecule has 0 atom stereocenters. The standard InChI is InChI=1S/C15H22ClN3/c16-14-11-12(17)5-6-15(14)19-9-7-18(8-10-19)13-3-1-2-4-13/h5-6,11,13H,1-4,7-10,17H2. The van der Waals surface area contributed by atoms with E-state index >= 15 is 0 Å². The summed E-state index contributed by atoms with van der Waals surface area (Å²) >= 11 is 6.29. The number of nitrogens with two attached hydrogens (primary N) is 1. The maximum atomic E-state index is 6.29. The highest BCUT2D eigenvalue weighted by atomic mass is 35.5. The van der Waals surface area contributed by atoms with Gasteiger partial charge in [-0.1, -0.05) is 24.4 Å². The zero-order chi connectivity index (χ0) is 13.2. The van der Waals surface area contributed by atoms with E-state index in [0.29, 0.717) is 0 Å². The normalized spacial score (nSPS) is 22.1. The van der Waals surface area contributed by atoms with Crippen molar-refractivity contribution < 1.29 is 0 Å². The predicted molar refractivity (Wildman–Crippen MR) is 81.9 cm³/mol. The molecule has 3 rings (SSSR count). The molecular weight excluding hydrogens is 258 g/mol. The van der Waals surface area contributed by atoms with Gasteiger partial charge in [0.05, 0.1) is 10.7 Å². The third kappa shape index (κ3) is 2.82. The fourth-order valence-corrected chi connectivity index (χ4v) is 3.69. The molecule has 0 unspecified atom stereocenters. The topological polar surface area (TPSA) is 32.5 Å². The fourth-order valence-electron chi connectivity index (χ4n) is 3.38. The summed E-state index contributed by atoms with van der Waals surface area (Å²) in [5.41, 5.74) is 7.61. The molecular formula is C15H22ClN3. The Morgan fingerprint density at radius 3 is 2.37 bits per heavy atom. The van der Waals surface area contributed by atoms with Gasteiger partial charge >= 0.3 is 0 Å². The maximum Gasteiger partial charge on any atom is 0.0660 e. The lowest BCUT2D eigenvalue weighted by Crippen LogP contribution is -2.49. The Morgan fingerprint density at radius 1 is 1.05 bits per heavy atom. The number of piperazine rings is 1. The molecule has 2 aliphatic rings. The molecule has 1 aliphatic heterocycles. The minimum Gasteiger partial charge on any atom is -0.399 e. The molecule has 1 aliphatic carbocycles. The first kappa shape index (κ1) is 13.1. The predicted octanol–water partition coefficient (Wildman–Crippen LogP) is 2.99. The number of nitrogens with zero attached hydrogens (tertiary/aromatic N) is 2. The van der Waals surface area contributed by atoms with E-state index in [1.165, 1.54) is 25.7 Å². The van der Waals surface area contributed by atoms with Crippen molar-refractivity contribution in [1.29, 1.82) is 0 Å². The summed E-state index contributed by atoms with van der Waals surface area (Å²) < 4.78 is 0. The lowest BCUT2D eigenvalue weighted by atomic mass is 10.1. The molecule has 1 aromatic carbocycles. The van der Waals surface area contributed by atoms with Crippen LogP contribution in [0, 0.1) is 0 Å². The smallest absolute Gasteiger partial charge is 0.0660 e. The summed E-state index contributed by atoms with van der Waals surface area (Å²) in [6, 6.07) is 6.66. The lowest BCUT2D eigenvalue weighted by Gasteiger charge is -2.39. The van der Waals surface area contributed by atoms with E-state index < -0.39 is 0 Å². The number of halogens is 1. The van der Waals surface area contributed by atoms with E-state index in [1.807, 2.05) is 18.2 Å². The van der Waals surface area contributed by atoms with Gasteiger partial charge in [-0.05, 0) is 31.0 Å². The molecule has 2 N–H and O–H groups in total. The van der Waals surface area contributed by atoms with E-state index in [0.717, 1.165) is 48.6 Å². The third-order valence-electron chi connectivity index (χ3n) is 4.47. The zero-order valence-corrected chi connectivity index (χ0v) is 12.1. The van der Waals surface area contributed by atoms with Gasteiger partial charge in [-0.15, -0.1) is 0 Å². The quantitative estimate of drug-likeness (QED) is 0.845. The number of anilines is 2. The number of hydrogen-bond acceptors (Lipinski definition) is 3.